The molecule has 1 rings (SSSR count). The van der Waals surface area contributed by atoms with Gasteiger partial charge in [0, 0.05) is 0 Å². The Morgan fingerprint density at radius 3 is 2.50 bits per heavy atom. The van der Waals surface area contributed by atoms with Crippen LogP contribution in [0.3, 0.4) is 0 Å². The van der Waals surface area contributed by atoms with Crippen molar-refractivity contribution in [3.8, 4) is 6.07 Å². The van der Waals surface area contributed by atoms with E-state index in [9.17, 15) is 4.79 Å². The van der Waals surface area contributed by atoms with Gasteiger partial charge in [0.25, 0.3) is 0 Å². The zero-order chi connectivity index (χ0) is 13.7. The molecule has 0 bridgehead atoms. The fourth-order valence-corrected chi connectivity index (χ4v) is 1.67. The Balaban J connectivity index is 2.65. The molecule has 1 N–H and O–H groups in total. The Bertz CT molecular complexity index is 472. The van der Waals surface area contributed by atoms with Crippen molar-refractivity contribution in [1.82, 2.24) is 5.32 Å². The fraction of sp³-hybridized carbons (Fsp3) is 0.467. The van der Waals surface area contributed by atoms with E-state index in [0.29, 0.717) is 6.42 Å². The Kier molecular flexibility index (Phi) is 4.91. The zero-order valence-corrected chi connectivity index (χ0v) is 11.4. The molecule has 0 fully saturated rings. The van der Waals surface area contributed by atoms with Crippen LogP contribution in [0, 0.1) is 31.1 Å². The lowest BCUT2D eigenvalue weighted by Gasteiger charge is -2.15. The number of aryl methyl sites for hydroxylation is 2. The van der Waals surface area contributed by atoms with Gasteiger partial charge in [-0.2, -0.15) is 5.26 Å². The van der Waals surface area contributed by atoms with Crippen LogP contribution in [0.5, 0.6) is 0 Å². The summed E-state index contributed by atoms with van der Waals surface area (Å²) in [6.45, 7) is 7.92. The third-order valence-electron chi connectivity index (χ3n) is 3.06. The van der Waals surface area contributed by atoms with Gasteiger partial charge in [-0.05, 0) is 36.5 Å². The summed E-state index contributed by atoms with van der Waals surface area (Å²) in [5, 5.41) is 11.7. The van der Waals surface area contributed by atoms with Gasteiger partial charge >= 0.3 is 0 Å². The van der Waals surface area contributed by atoms with Crippen LogP contribution in [0.1, 0.15) is 30.5 Å². The molecule has 18 heavy (non-hydrogen) atoms. The predicted molar refractivity (Wildman–Crippen MR) is 72.0 cm³/mol. The Morgan fingerprint density at radius 1 is 1.33 bits per heavy atom. The molecular formula is C15H20N2O. The highest BCUT2D eigenvalue weighted by Gasteiger charge is 2.15. The summed E-state index contributed by atoms with van der Waals surface area (Å²) in [5.41, 5.74) is 3.38. The molecule has 1 unspecified atom stereocenters. The number of nitrogens with one attached hydrogen (secondary N) is 1. The maximum absolute atomic E-state index is 11.8. The third kappa shape index (κ3) is 3.89. The minimum Gasteiger partial charge on any atom is -0.340 e. The summed E-state index contributed by atoms with van der Waals surface area (Å²) in [7, 11) is 0. The lowest BCUT2D eigenvalue weighted by Crippen LogP contribution is -2.38. The molecule has 0 aliphatic rings. The second-order valence-corrected chi connectivity index (χ2v) is 5.01. The maximum atomic E-state index is 11.8. The van der Waals surface area contributed by atoms with E-state index in [1.807, 2.05) is 45.9 Å². The second-order valence-electron chi connectivity index (χ2n) is 5.01. The van der Waals surface area contributed by atoms with Gasteiger partial charge in [-0.3, -0.25) is 4.79 Å². The standard InChI is InChI=1S/C15H20N2O/c1-10(2)14(9-16)17-15(18)8-13-6-5-11(3)12(4)7-13/h5-7,10,14H,8H2,1-4H3,(H,17,18). The van der Waals surface area contributed by atoms with E-state index in [0.717, 1.165) is 5.56 Å². The average Bonchev–Trinajstić information content (AvgIpc) is 2.30. The molecule has 0 heterocycles. The van der Waals surface area contributed by atoms with Crippen LogP contribution >= 0.6 is 0 Å². The van der Waals surface area contributed by atoms with Crippen molar-refractivity contribution in [2.45, 2.75) is 40.2 Å². The number of nitrogens with zero attached hydrogens (tertiary/aromatic N) is 1. The van der Waals surface area contributed by atoms with Crippen LogP contribution in [0.25, 0.3) is 0 Å². The van der Waals surface area contributed by atoms with Crippen molar-refractivity contribution < 1.29 is 4.79 Å². The SMILES string of the molecule is Cc1ccc(CC(=O)NC(C#N)C(C)C)cc1C. The van der Waals surface area contributed by atoms with E-state index >= 15 is 0 Å². The second kappa shape index (κ2) is 6.20. The molecule has 0 aliphatic carbocycles. The van der Waals surface area contributed by atoms with Gasteiger partial charge in [-0.1, -0.05) is 32.0 Å². The van der Waals surface area contributed by atoms with Crippen LogP contribution in [-0.2, 0) is 11.2 Å². The fourth-order valence-electron chi connectivity index (χ4n) is 1.67. The number of nitriles is 1. The first-order valence-electron chi connectivity index (χ1n) is 6.19. The van der Waals surface area contributed by atoms with Crippen LogP contribution in [0.2, 0.25) is 0 Å². The van der Waals surface area contributed by atoms with Gasteiger partial charge < -0.3 is 5.32 Å². The van der Waals surface area contributed by atoms with Crippen LogP contribution in [0.4, 0.5) is 0 Å². The summed E-state index contributed by atoms with van der Waals surface area (Å²) >= 11 is 0. The number of rotatable bonds is 4. The van der Waals surface area contributed by atoms with Crippen molar-refractivity contribution in [2.24, 2.45) is 5.92 Å². The number of hydrogen-bond donors (Lipinski definition) is 1. The summed E-state index contributed by atoms with van der Waals surface area (Å²) in [6, 6.07) is 7.69. The van der Waals surface area contributed by atoms with Gasteiger partial charge in [0.2, 0.25) is 5.91 Å². The largest absolute Gasteiger partial charge is 0.340 e. The lowest BCUT2D eigenvalue weighted by molar-refractivity contribution is -0.121. The van der Waals surface area contributed by atoms with Crippen molar-refractivity contribution in [2.75, 3.05) is 0 Å². The van der Waals surface area contributed by atoms with E-state index in [1.165, 1.54) is 11.1 Å². The van der Waals surface area contributed by atoms with Crippen LogP contribution < -0.4 is 5.32 Å². The molecule has 0 spiro atoms. The van der Waals surface area contributed by atoms with E-state index in [1.54, 1.807) is 0 Å². The van der Waals surface area contributed by atoms with Crippen molar-refractivity contribution in [1.29, 1.82) is 5.26 Å². The van der Waals surface area contributed by atoms with E-state index in [2.05, 4.69) is 11.4 Å². The van der Waals surface area contributed by atoms with Crippen molar-refractivity contribution in [3.05, 3.63) is 34.9 Å². The average molecular weight is 244 g/mol. The zero-order valence-electron chi connectivity index (χ0n) is 11.4. The van der Waals surface area contributed by atoms with Crippen molar-refractivity contribution in [3.63, 3.8) is 0 Å². The van der Waals surface area contributed by atoms with E-state index in [4.69, 9.17) is 5.26 Å². The van der Waals surface area contributed by atoms with E-state index in [-0.39, 0.29) is 11.8 Å². The Morgan fingerprint density at radius 2 is 2.00 bits per heavy atom. The first-order valence-corrected chi connectivity index (χ1v) is 6.19. The molecule has 0 saturated heterocycles. The highest BCUT2D eigenvalue weighted by atomic mass is 16.1. The molecular weight excluding hydrogens is 224 g/mol. The molecule has 1 amide bonds. The van der Waals surface area contributed by atoms with Crippen LogP contribution in [-0.4, -0.2) is 11.9 Å². The first kappa shape index (κ1) is 14.2. The molecule has 0 aliphatic heterocycles. The number of hydrogen-bond acceptors (Lipinski definition) is 2. The predicted octanol–water partition coefficient (Wildman–Crippen LogP) is 2.51. The van der Waals surface area contributed by atoms with Gasteiger partial charge in [0.1, 0.15) is 6.04 Å². The van der Waals surface area contributed by atoms with Crippen LogP contribution in [0.15, 0.2) is 18.2 Å². The number of carbonyl (C=O) groups is 1. The lowest BCUT2D eigenvalue weighted by atomic mass is 10.0. The summed E-state index contributed by atoms with van der Waals surface area (Å²) in [6.07, 6.45) is 0.325. The monoisotopic (exact) mass is 244 g/mol. The maximum Gasteiger partial charge on any atom is 0.225 e. The normalized spacial score (nSPS) is 12.0. The quantitative estimate of drug-likeness (QED) is 0.884. The highest BCUT2D eigenvalue weighted by Crippen LogP contribution is 2.10. The molecule has 96 valence electrons. The molecule has 0 aromatic heterocycles. The number of benzene rings is 1. The molecule has 1 aromatic carbocycles. The smallest absolute Gasteiger partial charge is 0.225 e. The van der Waals surface area contributed by atoms with Gasteiger partial charge in [0.15, 0.2) is 0 Å². The Labute approximate surface area is 109 Å². The Hall–Kier alpha value is -1.82. The number of carbonyl (C=O) groups excluding carboxylic acids is 1. The van der Waals surface area contributed by atoms with Crippen molar-refractivity contribution >= 4 is 5.91 Å². The molecule has 3 nitrogen and oxygen atoms in total. The van der Waals surface area contributed by atoms with Gasteiger partial charge in [-0.25, -0.2) is 0 Å². The van der Waals surface area contributed by atoms with E-state index < -0.39 is 6.04 Å². The minimum atomic E-state index is -0.413. The topological polar surface area (TPSA) is 52.9 Å². The molecule has 1 atom stereocenters. The molecule has 1 aromatic rings. The highest BCUT2D eigenvalue weighted by molar-refractivity contribution is 5.79. The first-order chi connectivity index (χ1) is 8.43. The van der Waals surface area contributed by atoms with Gasteiger partial charge in [0.05, 0.1) is 12.5 Å². The van der Waals surface area contributed by atoms with Gasteiger partial charge in [-0.15, -0.1) is 0 Å². The summed E-state index contributed by atoms with van der Waals surface area (Å²) < 4.78 is 0. The summed E-state index contributed by atoms with van der Waals surface area (Å²) in [4.78, 5) is 11.8. The molecule has 0 saturated carbocycles. The number of amides is 1. The summed E-state index contributed by atoms with van der Waals surface area (Å²) in [5.74, 6) is 0.0252. The molecule has 0 radical (unpaired) electrons. The molecule has 3 heteroatoms. The minimum absolute atomic E-state index is 0.0986. The third-order valence-corrected chi connectivity index (χ3v) is 3.06.